The summed E-state index contributed by atoms with van der Waals surface area (Å²) < 4.78 is 6.40. The molecule has 0 saturated heterocycles. The molecule has 1 aromatic carbocycles. The third-order valence-corrected chi connectivity index (χ3v) is 4.76. The molecule has 3 rings (SSSR count). The smallest absolute Gasteiger partial charge is 0.122 e. The summed E-state index contributed by atoms with van der Waals surface area (Å²) in [7, 11) is 0. The Labute approximate surface area is 121 Å². The van der Waals surface area contributed by atoms with Crippen molar-refractivity contribution < 1.29 is 9.84 Å². The Morgan fingerprint density at radius 3 is 2.95 bits per heavy atom. The Hall–Kier alpha value is -1.03. The van der Waals surface area contributed by atoms with Gasteiger partial charge in [0.05, 0.1) is 17.0 Å². The van der Waals surface area contributed by atoms with E-state index in [4.69, 9.17) is 16.3 Å². The van der Waals surface area contributed by atoms with Crippen LogP contribution in [0.1, 0.15) is 22.8 Å². The van der Waals surface area contributed by atoms with Crippen molar-refractivity contribution >= 4 is 22.9 Å². The average Bonchev–Trinajstić information content (AvgIpc) is 2.83. The number of rotatable bonds is 3. The van der Waals surface area contributed by atoms with Crippen LogP contribution in [0.5, 0.6) is 5.75 Å². The van der Waals surface area contributed by atoms with Gasteiger partial charge in [0.2, 0.25) is 0 Å². The molecule has 1 N–H and O–H groups in total. The Balaban J connectivity index is 1.79. The van der Waals surface area contributed by atoms with Gasteiger partial charge in [-0.3, -0.25) is 0 Å². The number of para-hydroxylation sites is 1. The fourth-order valence-corrected chi connectivity index (χ4v) is 3.72. The number of benzene rings is 1. The first-order chi connectivity index (χ1) is 9.24. The lowest BCUT2D eigenvalue weighted by Gasteiger charge is -2.29. The van der Waals surface area contributed by atoms with Gasteiger partial charge in [0.25, 0.3) is 0 Å². The predicted molar refractivity (Wildman–Crippen MR) is 78.3 cm³/mol. The first-order valence-corrected chi connectivity index (χ1v) is 7.57. The maximum Gasteiger partial charge on any atom is 0.122 e. The molecule has 100 valence electrons. The summed E-state index contributed by atoms with van der Waals surface area (Å²) in [6.07, 6.45) is 1.12. The fourth-order valence-electron chi connectivity index (χ4n) is 2.58. The number of ether oxygens (including phenoxy) is 1. The lowest BCUT2D eigenvalue weighted by atomic mass is 9.86. The van der Waals surface area contributed by atoms with Gasteiger partial charge >= 0.3 is 0 Å². The fraction of sp³-hybridized carbons (Fsp3) is 0.333. The van der Waals surface area contributed by atoms with Crippen LogP contribution < -0.4 is 4.74 Å². The third kappa shape index (κ3) is 2.78. The first kappa shape index (κ1) is 13.0. The molecule has 2 nitrogen and oxygen atoms in total. The molecule has 4 heteroatoms. The lowest BCUT2D eigenvalue weighted by Crippen LogP contribution is -2.26. The van der Waals surface area contributed by atoms with Crippen LogP contribution in [-0.2, 0) is 6.42 Å². The minimum atomic E-state index is -0.389. The maximum atomic E-state index is 10.5. The highest BCUT2D eigenvalue weighted by atomic mass is 35.5. The second-order valence-electron chi connectivity index (χ2n) is 4.76. The van der Waals surface area contributed by atoms with E-state index >= 15 is 0 Å². The summed E-state index contributed by atoms with van der Waals surface area (Å²) in [5.41, 5.74) is 1.11. The SMILES string of the molecule is OC(Cc1ccc(Cl)s1)C1CCOc2ccccc21. The molecule has 0 saturated carbocycles. The van der Waals surface area contributed by atoms with E-state index in [2.05, 4.69) is 0 Å². The van der Waals surface area contributed by atoms with Crippen molar-refractivity contribution in [2.24, 2.45) is 0 Å². The molecule has 2 unspecified atom stereocenters. The number of hydrogen-bond acceptors (Lipinski definition) is 3. The molecule has 1 aliphatic heterocycles. The van der Waals surface area contributed by atoms with E-state index in [9.17, 15) is 5.11 Å². The normalized spacial score (nSPS) is 19.6. The Morgan fingerprint density at radius 2 is 2.16 bits per heavy atom. The zero-order valence-corrected chi connectivity index (χ0v) is 12.0. The summed E-state index contributed by atoms with van der Waals surface area (Å²) >= 11 is 7.46. The summed E-state index contributed by atoms with van der Waals surface area (Å²) in [5, 5.41) is 10.5. The summed E-state index contributed by atoms with van der Waals surface area (Å²) in [4.78, 5) is 1.13. The van der Waals surface area contributed by atoms with Gasteiger partial charge in [-0.2, -0.15) is 0 Å². The van der Waals surface area contributed by atoms with Crippen LogP contribution in [0.25, 0.3) is 0 Å². The van der Waals surface area contributed by atoms with E-state index in [0.29, 0.717) is 13.0 Å². The number of fused-ring (bicyclic) bond motifs is 1. The number of thiophene rings is 1. The summed E-state index contributed by atoms with van der Waals surface area (Å²) in [6.45, 7) is 0.671. The molecule has 2 atom stereocenters. The predicted octanol–water partition coefficient (Wildman–Crippen LogP) is 3.87. The topological polar surface area (TPSA) is 29.5 Å². The second-order valence-corrected chi connectivity index (χ2v) is 6.56. The van der Waals surface area contributed by atoms with Crippen molar-refractivity contribution in [3.63, 3.8) is 0 Å². The van der Waals surface area contributed by atoms with Crippen molar-refractivity contribution in [1.82, 2.24) is 0 Å². The van der Waals surface area contributed by atoms with E-state index in [0.717, 1.165) is 26.9 Å². The quantitative estimate of drug-likeness (QED) is 0.931. The van der Waals surface area contributed by atoms with Gasteiger partial charge in [0.15, 0.2) is 0 Å². The van der Waals surface area contributed by atoms with E-state index in [1.54, 1.807) is 0 Å². The maximum absolute atomic E-state index is 10.5. The Morgan fingerprint density at radius 1 is 1.32 bits per heavy atom. The molecule has 0 aliphatic carbocycles. The molecule has 2 heterocycles. The third-order valence-electron chi connectivity index (χ3n) is 3.51. The molecule has 0 amide bonds. The first-order valence-electron chi connectivity index (χ1n) is 6.38. The van der Waals surface area contributed by atoms with Crippen molar-refractivity contribution in [3.8, 4) is 5.75 Å². The molecule has 0 fully saturated rings. The number of aliphatic hydroxyl groups is 1. The largest absolute Gasteiger partial charge is 0.493 e. The summed E-state index contributed by atoms with van der Waals surface area (Å²) in [6, 6.07) is 11.8. The van der Waals surface area contributed by atoms with Crippen LogP contribution in [0.4, 0.5) is 0 Å². The zero-order chi connectivity index (χ0) is 13.2. The van der Waals surface area contributed by atoms with Crippen LogP contribution in [0, 0.1) is 0 Å². The van der Waals surface area contributed by atoms with Gasteiger partial charge in [-0.1, -0.05) is 29.8 Å². The van der Waals surface area contributed by atoms with E-state index in [1.165, 1.54) is 11.3 Å². The lowest BCUT2D eigenvalue weighted by molar-refractivity contribution is 0.117. The van der Waals surface area contributed by atoms with Gasteiger partial charge in [0, 0.05) is 17.2 Å². The van der Waals surface area contributed by atoms with Gasteiger partial charge < -0.3 is 9.84 Å². The van der Waals surface area contributed by atoms with Crippen molar-refractivity contribution in [2.45, 2.75) is 24.9 Å². The van der Waals surface area contributed by atoms with E-state index < -0.39 is 0 Å². The van der Waals surface area contributed by atoms with Crippen LogP contribution in [0.2, 0.25) is 4.34 Å². The van der Waals surface area contributed by atoms with Gasteiger partial charge in [0.1, 0.15) is 5.75 Å². The number of aliphatic hydroxyl groups excluding tert-OH is 1. The highest BCUT2D eigenvalue weighted by Crippen LogP contribution is 2.37. The van der Waals surface area contributed by atoms with Gasteiger partial charge in [-0.15, -0.1) is 11.3 Å². The molecule has 19 heavy (non-hydrogen) atoms. The highest BCUT2D eigenvalue weighted by molar-refractivity contribution is 7.16. The van der Waals surface area contributed by atoms with Crippen molar-refractivity contribution in [1.29, 1.82) is 0 Å². The Kier molecular flexibility index (Phi) is 3.78. The minimum Gasteiger partial charge on any atom is -0.493 e. The molecule has 0 radical (unpaired) electrons. The standard InChI is InChI=1S/C15H15ClO2S/c16-15-6-5-10(19-15)9-13(17)11-7-8-18-14-4-2-1-3-12(11)14/h1-6,11,13,17H,7-9H2. The second kappa shape index (κ2) is 5.53. The van der Waals surface area contributed by atoms with E-state index in [-0.39, 0.29) is 12.0 Å². The highest BCUT2D eigenvalue weighted by Gasteiger charge is 2.27. The minimum absolute atomic E-state index is 0.144. The number of hydrogen-bond donors (Lipinski definition) is 1. The van der Waals surface area contributed by atoms with Gasteiger partial charge in [-0.05, 0) is 30.2 Å². The molecular formula is C15H15ClO2S. The van der Waals surface area contributed by atoms with Crippen molar-refractivity contribution in [2.75, 3.05) is 6.61 Å². The van der Waals surface area contributed by atoms with Crippen LogP contribution in [0.3, 0.4) is 0 Å². The van der Waals surface area contributed by atoms with Gasteiger partial charge in [-0.25, -0.2) is 0 Å². The monoisotopic (exact) mass is 294 g/mol. The van der Waals surface area contributed by atoms with Crippen LogP contribution >= 0.6 is 22.9 Å². The molecule has 2 aromatic rings. The Bertz CT molecular complexity index is 567. The molecule has 0 bridgehead atoms. The van der Waals surface area contributed by atoms with E-state index in [1.807, 2.05) is 36.4 Å². The number of halogens is 1. The zero-order valence-electron chi connectivity index (χ0n) is 10.4. The van der Waals surface area contributed by atoms with Crippen LogP contribution in [0.15, 0.2) is 36.4 Å². The average molecular weight is 295 g/mol. The molecule has 1 aliphatic rings. The molecule has 0 spiro atoms. The molecule has 1 aromatic heterocycles. The van der Waals surface area contributed by atoms with Crippen LogP contribution in [-0.4, -0.2) is 17.8 Å². The summed E-state index contributed by atoms with van der Waals surface area (Å²) in [5.74, 6) is 1.05. The molecular weight excluding hydrogens is 280 g/mol. The van der Waals surface area contributed by atoms with Crippen molar-refractivity contribution in [3.05, 3.63) is 51.2 Å².